The highest BCUT2D eigenvalue weighted by atomic mass is 16.4. The van der Waals surface area contributed by atoms with Crippen LogP contribution in [0.4, 0.5) is 0 Å². The summed E-state index contributed by atoms with van der Waals surface area (Å²) >= 11 is 0. The maximum Gasteiger partial charge on any atom is 0.308 e. The quantitative estimate of drug-likeness (QED) is 0.677. The lowest BCUT2D eigenvalue weighted by Gasteiger charge is -2.21. The van der Waals surface area contributed by atoms with Crippen molar-refractivity contribution in [2.75, 3.05) is 6.54 Å². The van der Waals surface area contributed by atoms with Gasteiger partial charge in [0.1, 0.15) is 0 Å². The molecule has 0 aromatic carbocycles. The van der Waals surface area contributed by atoms with Gasteiger partial charge >= 0.3 is 5.97 Å². The summed E-state index contributed by atoms with van der Waals surface area (Å²) in [6, 6.07) is -0.344. The van der Waals surface area contributed by atoms with Crippen LogP contribution in [-0.4, -0.2) is 55.1 Å². The van der Waals surface area contributed by atoms with Crippen LogP contribution in [0.1, 0.15) is 24.0 Å². The fourth-order valence-electron chi connectivity index (χ4n) is 1.94. The Morgan fingerprint density at radius 2 is 2.31 bits per heavy atom. The smallest absolute Gasteiger partial charge is 0.308 e. The summed E-state index contributed by atoms with van der Waals surface area (Å²) in [6.07, 6.45) is 0.458. The van der Waals surface area contributed by atoms with E-state index in [0.717, 1.165) is 0 Å². The van der Waals surface area contributed by atoms with Gasteiger partial charge in [0.2, 0.25) is 0 Å². The van der Waals surface area contributed by atoms with Crippen LogP contribution in [0.15, 0.2) is 0 Å². The molecule has 0 saturated carbocycles. The van der Waals surface area contributed by atoms with E-state index in [4.69, 9.17) is 5.11 Å². The Hall–Kier alpha value is -1.99. The molecule has 2 N–H and O–H groups in total. The Labute approximate surface area is 90.6 Å². The van der Waals surface area contributed by atoms with Gasteiger partial charge in [-0.25, -0.2) is 0 Å². The molecule has 1 fully saturated rings. The third-order valence-corrected chi connectivity index (χ3v) is 2.87. The van der Waals surface area contributed by atoms with E-state index < -0.39 is 11.9 Å². The van der Waals surface area contributed by atoms with E-state index >= 15 is 0 Å². The van der Waals surface area contributed by atoms with Gasteiger partial charge in [0, 0.05) is 12.6 Å². The molecule has 2 heterocycles. The number of carbonyl (C=O) groups is 2. The van der Waals surface area contributed by atoms with Crippen LogP contribution in [0.25, 0.3) is 0 Å². The van der Waals surface area contributed by atoms with Crippen LogP contribution >= 0.6 is 0 Å². The molecule has 16 heavy (non-hydrogen) atoms. The Kier molecular flexibility index (Phi) is 2.55. The molecule has 1 saturated heterocycles. The third kappa shape index (κ3) is 1.62. The number of hydrogen-bond acceptors (Lipinski definition) is 5. The predicted octanol–water partition coefficient (Wildman–Crippen LogP) is -0.865. The lowest BCUT2D eigenvalue weighted by Crippen LogP contribution is -2.38. The molecule has 1 aliphatic rings. The van der Waals surface area contributed by atoms with Crippen molar-refractivity contribution in [2.24, 2.45) is 5.92 Å². The minimum atomic E-state index is -0.879. The molecule has 1 aromatic heterocycles. The van der Waals surface area contributed by atoms with Gasteiger partial charge in [-0.3, -0.25) is 9.59 Å². The second-order valence-corrected chi connectivity index (χ2v) is 3.71. The molecule has 8 heteroatoms. The Morgan fingerprint density at radius 1 is 1.56 bits per heavy atom. The van der Waals surface area contributed by atoms with E-state index in [2.05, 4.69) is 20.6 Å². The number of likely N-dealkylation sites (tertiary alicyclic amines) is 1. The fraction of sp³-hybridized carbons (Fsp3) is 0.625. The second-order valence-electron chi connectivity index (χ2n) is 3.71. The van der Waals surface area contributed by atoms with E-state index in [9.17, 15) is 9.59 Å². The van der Waals surface area contributed by atoms with Gasteiger partial charge < -0.3 is 10.0 Å². The molecule has 0 aliphatic carbocycles. The zero-order valence-corrected chi connectivity index (χ0v) is 8.62. The van der Waals surface area contributed by atoms with Crippen molar-refractivity contribution in [3.05, 3.63) is 5.82 Å². The SMILES string of the molecule is CC1C(C(=O)O)CCN1C(=O)c1nn[nH]n1. The number of nitrogens with zero attached hydrogens (tertiary/aromatic N) is 4. The normalized spacial score (nSPS) is 24.7. The number of aliphatic carboxylic acids is 1. The monoisotopic (exact) mass is 225 g/mol. The largest absolute Gasteiger partial charge is 0.481 e. The number of rotatable bonds is 2. The van der Waals surface area contributed by atoms with Crippen LogP contribution < -0.4 is 0 Å². The maximum absolute atomic E-state index is 11.8. The lowest BCUT2D eigenvalue weighted by molar-refractivity contribution is -0.142. The van der Waals surface area contributed by atoms with Crippen molar-refractivity contribution in [2.45, 2.75) is 19.4 Å². The van der Waals surface area contributed by atoms with Gasteiger partial charge in [-0.05, 0) is 18.6 Å². The first-order chi connectivity index (χ1) is 7.61. The molecule has 1 aliphatic heterocycles. The molecule has 86 valence electrons. The Bertz CT molecular complexity index is 404. The molecule has 2 rings (SSSR count). The fourth-order valence-corrected chi connectivity index (χ4v) is 1.94. The molecular weight excluding hydrogens is 214 g/mol. The predicted molar refractivity (Wildman–Crippen MR) is 50.4 cm³/mol. The molecular formula is C8H11N5O3. The number of nitrogens with one attached hydrogen (secondary N) is 1. The summed E-state index contributed by atoms with van der Waals surface area (Å²) in [5.74, 6) is -1.81. The van der Waals surface area contributed by atoms with E-state index in [1.807, 2.05) is 0 Å². The Morgan fingerprint density at radius 3 is 2.81 bits per heavy atom. The van der Waals surface area contributed by atoms with Gasteiger partial charge in [-0.1, -0.05) is 0 Å². The molecule has 1 amide bonds. The lowest BCUT2D eigenvalue weighted by atomic mass is 10.0. The molecule has 2 atom stereocenters. The molecule has 0 spiro atoms. The average Bonchev–Trinajstić information content (AvgIpc) is 2.84. The summed E-state index contributed by atoms with van der Waals surface area (Å²) in [7, 11) is 0. The van der Waals surface area contributed by atoms with Crippen LogP contribution in [0.2, 0.25) is 0 Å². The van der Waals surface area contributed by atoms with Gasteiger partial charge in [-0.2, -0.15) is 5.21 Å². The molecule has 2 unspecified atom stereocenters. The second kappa shape index (κ2) is 3.87. The van der Waals surface area contributed by atoms with Crippen LogP contribution in [0, 0.1) is 5.92 Å². The number of carbonyl (C=O) groups excluding carboxylic acids is 1. The van der Waals surface area contributed by atoms with Crippen LogP contribution in [0.5, 0.6) is 0 Å². The highest BCUT2D eigenvalue weighted by Gasteiger charge is 2.39. The zero-order chi connectivity index (χ0) is 11.7. The zero-order valence-electron chi connectivity index (χ0n) is 8.62. The molecule has 1 aromatic rings. The Balaban J connectivity index is 2.13. The number of H-pyrrole nitrogens is 1. The van der Waals surface area contributed by atoms with Crippen LogP contribution in [-0.2, 0) is 4.79 Å². The summed E-state index contributed by atoms with van der Waals surface area (Å²) in [4.78, 5) is 24.2. The number of aromatic nitrogens is 4. The van der Waals surface area contributed by atoms with Crippen molar-refractivity contribution in [1.82, 2.24) is 25.5 Å². The summed E-state index contributed by atoms with van der Waals surface area (Å²) in [5.41, 5.74) is 0. The van der Waals surface area contributed by atoms with Crippen molar-refractivity contribution >= 4 is 11.9 Å². The van der Waals surface area contributed by atoms with Gasteiger partial charge in [-0.15, -0.1) is 10.2 Å². The number of tetrazole rings is 1. The summed E-state index contributed by atoms with van der Waals surface area (Å²) in [5, 5.41) is 21.6. The first-order valence-corrected chi connectivity index (χ1v) is 4.88. The van der Waals surface area contributed by atoms with Crippen molar-refractivity contribution in [1.29, 1.82) is 0 Å². The number of amides is 1. The topological polar surface area (TPSA) is 112 Å². The number of carboxylic acids is 1. The molecule has 8 nitrogen and oxygen atoms in total. The average molecular weight is 225 g/mol. The van der Waals surface area contributed by atoms with E-state index in [-0.39, 0.29) is 17.8 Å². The number of hydrogen-bond donors (Lipinski definition) is 2. The van der Waals surface area contributed by atoms with Crippen molar-refractivity contribution in [3.8, 4) is 0 Å². The number of aromatic amines is 1. The van der Waals surface area contributed by atoms with E-state index in [1.165, 1.54) is 4.90 Å². The molecule has 0 bridgehead atoms. The van der Waals surface area contributed by atoms with Crippen LogP contribution in [0.3, 0.4) is 0 Å². The standard InChI is InChI=1S/C8H11N5O3/c1-4-5(8(15)16)2-3-13(4)7(14)6-9-11-12-10-6/h4-5H,2-3H2,1H3,(H,15,16)(H,9,10,11,12). The third-order valence-electron chi connectivity index (χ3n) is 2.87. The van der Waals surface area contributed by atoms with E-state index in [0.29, 0.717) is 13.0 Å². The molecule has 0 radical (unpaired) electrons. The summed E-state index contributed by atoms with van der Waals surface area (Å²) in [6.45, 7) is 2.12. The van der Waals surface area contributed by atoms with Gasteiger partial charge in [0.25, 0.3) is 11.7 Å². The van der Waals surface area contributed by atoms with Crippen molar-refractivity contribution in [3.63, 3.8) is 0 Å². The number of carboxylic acid groups (broad SMARTS) is 1. The highest BCUT2D eigenvalue weighted by Crippen LogP contribution is 2.25. The minimum Gasteiger partial charge on any atom is -0.481 e. The summed E-state index contributed by atoms with van der Waals surface area (Å²) < 4.78 is 0. The van der Waals surface area contributed by atoms with Gasteiger partial charge in [0.05, 0.1) is 5.92 Å². The highest BCUT2D eigenvalue weighted by molar-refractivity contribution is 5.91. The minimum absolute atomic E-state index is 0.0297. The first-order valence-electron chi connectivity index (χ1n) is 4.88. The van der Waals surface area contributed by atoms with E-state index in [1.54, 1.807) is 6.92 Å². The van der Waals surface area contributed by atoms with Crippen molar-refractivity contribution < 1.29 is 14.7 Å². The maximum atomic E-state index is 11.8. The first kappa shape index (κ1) is 10.5. The van der Waals surface area contributed by atoms with Gasteiger partial charge in [0.15, 0.2) is 0 Å².